The molecule has 1 aliphatic heterocycles. The summed E-state index contributed by atoms with van der Waals surface area (Å²) in [6, 6.07) is 3.20. The van der Waals surface area contributed by atoms with E-state index in [-0.39, 0.29) is 11.8 Å². The van der Waals surface area contributed by atoms with Crippen LogP contribution in [0.2, 0.25) is 0 Å². The van der Waals surface area contributed by atoms with Gasteiger partial charge in [-0.3, -0.25) is 9.59 Å². The highest BCUT2D eigenvalue weighted by Gasteiger charge is 2.34. The quantitative estimate of drug-likeness (QED) is 0.936. The zero-order valence-corrected chi connectivity index (χ0v) is 14.0. The number of nitrogens with one attached hydrogen (secondary N) is 1. The lowest BCUT2D eigenvalue weighted by Crippen LogP contribution is -2.51. The Morgan fingerprint density at radius 3 is 2.96 bits per heavy atom. The van der Waals surface area contributed by atoms with Crippen LogP contribution < -0.4 is 5.32 Å². The lowest BCUT2D eigenvalue weighted by atomic mass is 10.0. The maximum Gasteiger partial charge on any atom is 0.274 e. The Morgan fingerprint density at radius 2 is 2.26 bits per heavy atom. The Labute approximate surface area is 138 Å². The molecule has 2 aromatic heterocycles. The van der Waals surface area contributed by atoms with Crippen molar-refractivity contribution >= 4 is 23.2 Å². The summed E-state index contributed by atoms with van der Waals surface area (Å²) in [6.45, 7) is 2.46. The van der Waals surface area contributed by atoms with Gasteiger partial charge in [0.2, 0.25) is 5.91 Å². The maximum absolute atomic E-state index is 12.9. The third-order valence-corrected chi connectivity index (χ3v) is 5.03. The second-order valence-electron chi connectivity index (χ2n) is 5.53. The summed E-state index contributed by atoms with van der Waals surface area (Å²) in [4.78, 5) is 31.9. The number of likely N-dealkylation sites (tertiary alicyclic amines) is 1. The van der Waals surface area contributed by atoms with Crippen molar-refractivity contribution in [3.63, 3.8) is 0 Å². The van der Waals surface area contributed by atoms with Crippen molar-refractivity contribution in [2.24, 2.45) is 0 Å². The SMILES string of the molecule is CNC(=O)[C@H]1CCCCN1C(=O)c1nc(-c2ccco2)sc1C. The first kappa shape index (κ1) is 15.7. The van der Waals surface area contributed by atoms with Crippen LogP contribution in [0.25, 0.3) is 10.8 Å². The highest BCUT2D eigenvalue weighted by molar-refractivity contribution is 7.15. The van der Waals surface area contributed by atoms with E-state index in [0.717, 1.165) is 17.7 Å². The molecular formula is C16H19N3O3S. The number of aryl methyl sites for hydroxylation is 1. The highest BCUT2D eigenvalue weighted by Crippen LogP contribution is 2.29. The second kappa shape index (κ2) is 6.54. The predicted molar refractivity (Wildman–Crippen MR) is 87.3 cm³/mol. The molecule has 0 bridgehead atoms. The van der Waals surface area contributed by atoms with Crippen molar-refractivity contribution in [3.05, 3.63) is 29.0 Å². The number of hydrogen-bond acceptors (Lipinski definition) is 5. The Balaban J connectivity index is 1.88. The van der Waals surface area contributed by atoms with Crippen LogP contribution in [0.4, 0.5) is 0 Å². The van der Waals surface area contributed by atoms with Gasteiger partial charge in [-0.1, -0.05) is 0 Å². The molecule has 0 spiro atoms. The molecule has 0 radical (unpaired) electrons. The van der Waals surface area contributed by atoms with E-state index in [9.17, 15) is 9.59 Å². The normalized spacial score (nSPS) is 18.0. The number of nitrogens with zero attached hydrogens (tertiary/aromatic N) is 2. The second-order valence-corrected chi connectivity index (χ2v) is 6.73. The van der Waals surface area contributed by atoms with Gasteiger partial charge in [0.1, 0.15) is 11.7 Å². The molecular weight excluding hydrogens is 314 g/mol. The Bertz CT molecular complexity index is 708. The average Bonchev–Trinajstić information content (AvgIpc) is 3.23. The monoisotopic (exact) mass is 333 g/mol. The molecule has 1 fully saturated rings. The van der Waals surface area contributed by atoms with E-state index in [4.69, 9.17) is 4.42 Å². The molecule has 3 heterocycles. The number of amides is 2. The largest absolute Gasteiger partial charge is 0.462 e. The molecule has 122 valence electrons. The van der Waals surface area contributed by atoms with E-state index >= 15 is 0 Å². The minimum Gasteiger partial charge on any atom is -0.462 e. The van der Waals surface area contributed by atoms with E-state index in [1.54, 1.807) is 24.3 Å². The zero-order valence-electron chi connectivity index (χ0n) is 13.2. The Morgan fingerprint density at radius 1 is 1.43 bits per heavy atom. The molecule has 0 unspecified atom stereocenters. The number of piperidine rings is 1. The van der Waals surface area contributed by atoms with Gasteiger partial charge in [0.15, 0.2) is 10.8 Å². The van der Waals surface area contributed by atoms with Gasteiger partial charge in [0.05, 0.1) is 6.26 Å². The van der Waals surface area contributed by atoms with Crippen LogP contribution in [0.1, 0.15) is 34.6 Å². The van der Waals surface area contributed by atoms with Gasteiger partial charge in [-0.15, -0.1) is 11.3 Å². The Kier molecular flexibility index (Phi) is 4.47. The third kappa shape index (κ3) is 3.01. The molecule has 2 amide bonds. The first-order valence-corrected chi connectivity index (χ1v) is 8.47. The smallest absolute Gasteiger partial charge is 0.274 e. The van der Waals surface area contributed by atoms with Gasteiger partial charge in [-0.25, -0.2) is 4.98 Å². The number of carbonyl (C=O) groups excluding carboxylic acids is 2. The van der Waals surface area contributed by atoms with E-state index in [1.165, 1.54) is 11.3 Å². The minimum absolute atomic E-state index is 0.114. The summed E-state index contributed by atoms with van der Waals surface area (Å²) in [5.41, 5.74) is 0.414. The molecule has 23 heavy (non-hydrogen) atoms. The van der Waals surface area contributed by atoms with E-state index < -0.39 is 6.04 Å². The number of likely N-dealkylation sites (N-methyl/N-ethyl adjacent to an activating group) is 1. The Hall–Kier alpha value is -2.15. The predicted octanol–water partition coefficient (Wildman–Crippen LogP) is 2.45. The molecule has 2 aromatic rings. The molecule has 3 rings (SSSR count). The average molecular weight is 333 g/mol. The first-order valence-electron chi connectivity index (χ1n) is 7.65. The fourth-order valence-corrected chi connectivity index (χ4v) is 3.72. The van der Waals surface area contributed by atoms with Gasteiger partial charge in [-0.05, 0) is 38.3 Å². The van der Waals surface area contributed by atoms with Gasteiger partial charge >= 0.3 is 0 Å². The zero-order chi connectivity index (χ0) is 16.4. The molecule has 1 saturated heterocycles. The van der Waals surface area contributed by atoms with E-state index in [1.807, 2.05) is 13.0 Å². The summed E-state index contributed by atoms with van der Waals surface area (Å²) in [6.07, 6.45) is 4.14. The van der Waals surface area contributed by atoms with Gasteiger partial charge in [0.25, 0.3) is 5.91 Å². The fourth-order valence-electron chi connectivity index (χ4n) is 2.85. The molecule has 1 N–H and O–H groups in total. The molecule has 0 saturated carbocycles. The van der Waals surface area contributed by atoms with Crippen LogP contribution in [-0.4, -0.2) is 41.3 Å². The molecule has 1 atom stereocenters. The first-order chi connectivity index (χ1) is 11.1. The van der Waals surface area contributed by atoms with Crippen LogP contribution in [0, 0.1) is 6.92 Å². The number of aromatic nitrogens is 1. The topological polar surface area (TPSA) is 75.4 Å². The number of hydrogen-bond donors (Lipinski definition) is 1. The molecule has 6 nitrogen and oxygen atoms in total. The maximum atomic E-state index is 12.9. The van der Waals surface area contributed by atoms with Crippen LogP contribution in [-0.2, 0) is 4.79 Å². The summed E-state index contributed by atoms with van der Waals surface area (Å²) < 4.78 is 5.35. The molecule has 1 aliphatic rings. The van der Waals surface area contributed by atoms with Crippen LogP contribution in [0.15, 0.2) is 22.8 Å². The van der Waals surface area contributed by atoms with Gasteiger partial charge in [-0.2, -0.15) is 0 Å². The number of thiazole rings is 1. The summed E-state index contributed by atoms with van der Waals surface area (Å²) in [5, 5.41) is 3.33. The molecule has 0 aromatic carbocycles. The van der Waals surface area contributed by atoms with Crippen molar-refractivity contribution in [1.29, 1.82) is 0 Å². The van der Waals surface area contributed by atoms with Crippen LogP contribution in [0.3, 0.4) is 0 Å². The van der Waals surface area contributed by atoms with Crippen molar-refractivity contribution in [3.8, 4) is 10.8 Å². The van der Waals surface area contributed by atoms with Crippen molar-refractivity contribution in [1.82, 2.24) is 15.2 Å². The number of furan rings is 1. The van der Waals surface area contributed by atoms with Crippen LogP contribution in [0.5, 0.6) is 0 Å². The lowest BCUT2D eigenvalue weighted by molar-refractivity contribution is -0.126. The van der Waals surface area contributed by atoms with E-state index in [0.29, 0.717) is 29.4 Å². The fraction of sp³-hybridized carbons (Fsp3) is 0.438. The van der Waals surface area contributed by atoms with Gasteiger partial charge < -0.3 is 14.6 Å². The van der Waals surface area contributed by atoms with Crippen molar-refractivity contribution in [2.75, 3.05) is 13.6 Å². The number of rotatable bonds is 3. The summed E-state index contributed by atoms with van der Waals surface area (Å²) in [7, 11) is 1.60. The van der Waals surface area contributed by atoms with E-state index in [2.05, 4.69) is 10.3 Å². The summed E-state index contributed by atoms with van der Waals surface area (Å²) >= 11 is 1.43. The lowest BCUT2D eigenvalue weighted by Gasteiger charge is -2.34. The summed E-state index contributed by atoms with van der Waals surface area (Å²) in [5.74, 6) is 0.362. The number of carbonyl (C=O) groups is 2. The highest BCUT2D eigenvalue weighted by atomic mass is 32.1. The minimum atomic E-state index is -0.408. The molecule has 0 aliphatic carbocycles. The molecule has 7 heteroatoms. The van der Waals surface area contributed by atoms with Crippen molar-refractivity contribution < 1.29 is 14.0 Å². The van der Waals surface area contributed by atoms with Crippen LogP contribution >= 0.6 is 11.3 Å². The third-order valence-electron chi connectivity index (χ3n) is 4.04. The standard InChI is InChI=1S/C16H19N3O3S/c1-10-13(18-15(23-10)12-7-5-9-22-12)16(21)19-8-4-3-6-11(19)14(20)17-2/h5,7,9,11H,3-4,6,8H2,1-2H3,(H,17,20)/t11-/m1/s1. The van der Waals surface area contributed by atoms with Gasteiger partial charge in [0, 0.05) is 18.5 Å². The van der Waals surface area contributed by atoms with Crippen molar-refractivity contribution in [2.45, 2.75) is 32.2 Å².